The monoisotopic (exact) mass is 415 g/mol. The standard InChI is InChI=1S/C23H14ClN3O3/c24-16-4-1-3-15(13-16)18-10-11-20(29-18)22(28)26-17-8-6-14(7-9-17)23-27-21-19(30-23)5-2-12-25-21/h1-13H,(H,26,28). The summed E-state index contributed by atoms with van der Waals surface area (Å²) in [5.74, 6) is 0.905. The van der Waals surface area contributed by atoms with Gasteiger partial charge in [-0.15, -0.1) is 0 Å². The number of oxazole rings is 1. The van der Waals surface area contributed by atoms with Gasteiger partial charge in [-0.05, 0) is 60.7 Å². The number of pyridine rings is 1. The summed E-state index contributed by atoms with van der Waals surface area (Å²) in [6.07, 6.45) is 1.67. The smallest absolute Gasteiger partial charge is 0.291 e. The first-order valence-corrected chi connectivity index (χ1v) is 9.53. The highest BCUT2D eigenvalue weighted by atomic mass is 35.5. The first kappa shape index (κ1) is 18.1. The molecule has 30 heavy (non-hydrogen) atoms. The molecule has 0 saturated heterocycles. The average molecular weight is 416 g/mol. The normalized spacial score (nSPS) is 11.0. The number of hydrogen-bond acceptors (Lipinski definition) is 5. The Bertz CT molecular complexity index is 1320. The lowest BCUT2D eigenvalue weighted by Crippen LogP contribution is -2.10. The third-order valence-corrected chi connectivity index (χ3v) is 4.73. The number of aromatic nitrogens is 2. The van der Waals surface area contributed by atoms with Gasteiger partial charge in [-0.3, -0.25) is 4.79 Å². The zero-order valence-electron chi connectivity index (χ0n) is 15.5. The van der Waals surface area contributed by atoms with Gasteiger partial charge in [0.25, 0.3) is 5.91 Å². The highest BCUT2D eigenvalue weighted by Gasteiger charge is 2.14. The summed E-state index contributed by atoms with van der Waals surface area (Å²) in [5.41, 5.74) is 3.39. The Morgan fingerprint density at radius 3 is 2.57 bits per heavy atom. The van der Waals surface area contributed by atoms with Crippen LogP contribution in [0.1, 0.15) is 10.6 Å². The van der Waals surface area contributed by atoms with E-state index in [1.54, 1.807) is 48.7 Å². The molecule has 6 nitrogen and oxygen atoms in total. The minimum absolute atomic E-state index is 0.207. The Kier molecular flexibility index (Phi) is 4.53. The Balaban J connectivity index is 1.32. The molecule has 0 aliphatic rings. The first-order valence-electron chi connectivity index (χ1n) is 9.15. The predicted molar refractivity (Wildman–Crippen MR) is 114 cm³/mol. The molecule has 0 saturated carbocycles. The molecule has 1 amide bonds. The Labute approximate surface area is 176 Å². The van der Waals surface area contributed by atoms with Gasteiger partial charge in [-0.25, -0.2) is 4.98 Å². The van der Waals surface area contributed by atoms with E-state index in [-0.39, 0.29) is 11.7 Å². The second-order valence-corrected chi connectivity index (χ2v) is 6.99. The van der Waals surface area contributed by atoms with Crippen LogP contribution in [0, 0.1) is 0 Å². The van der Waals surface area contributed by atoms with Crippen LogP contribution in [0.2, 0.25) is 5.02 Å². The van der Waals surface area contributed by atoms with E-state index < -0.39 is 0 Å². The minimum Gasteiger partial charge on any atom is -0.451 e. The van der Waals surface area contributed by atoms with Gasteiger partial charge >= 0.3 is 0 Å². The Hall–Kier alpha value is -3.90. The average Bonchev–Trinajstić information content (AvgIpc) is 3.42. The number of hydrogen-bond donors (Lipinski definition) is 1. The number of nitrogens with one attached hydrogen (secondary N) is 1. The number of nitrogens with zero attached hydrogens (tertiary/aromatic N) is 2. The number of anilines is 1. The van der Waals surface area contributed by atoms with Crippen LogP contribution in [0.25, 0.3) is 34.0 Å². The zero-order valence-corrected chi connectivity index (χ0v) is 16.3. The Morgan fingerprint density at radius 1 is 0.900 bits per heavy atom. The molecule has 2 aromatic carbocycles. The molecule has 7 heteroatoms. The third kappa shape index (κ3) is 3.56. The maximum atomic E-state index is 12.5. The van der Waals surface area contributed by atoms with Crippen LogP contribution >= 0.6 is 11.6 Å². The number of carbonyl (C=O) groups excluding carboxylic acids is 1. The van der Waals surface area contributed by atoms with Gasteiger partial charge in [0, 0.05) is 28.0 Å². The second kappa shape index (κ2) is 7.50. The van der Waals surface area contributed by atoms with Crippen molar-refractivity contribution in [1.29, 1.82) is 0 Å². The van der Waals surface area contributed by atoms with Crippen molar-refractivity contribution in [3.8, 4) is 22.8 Å². The number of amides is 1. The number of furan rings is 1. The van der Waals surface area contributed by atoms with Crippen molar-refractivity contribution in [2.45, 2.75) is 0 Å². The summed E-state index contributed by atoms with van der Waals surface area (Å²) < 4.78 is 11.4. The van der Waals surface area contributed by atoms with Crippen molar-refractivity contribution in [1.82, 2.24) is 9.97 Å². The van der Waals surface area contributed by atoms with Gasteiger partial charge in [-0.1, -0.05) is 23.7 Å². The minimum atomic E-state index is -0.345. The van der Waals surface area contributed by atoms with E-state index in [0.29, 0.717) is 33.6 Å². The fourth-order valence-corrected chi connectivity index (χ4v) is 3.23. The number of benzene rings is 2. The number of fused-ring (bicyclic) bond motifs is 1. The summed E-state index contributed by atoms with van der Waals surface area (Å²) in [4.78, 5) is 21.1. The molecule has 5 aromatic rings. The second-order valence-electron chi connectivity index (χ2n) is 6.55. The maximum Gasteiger partial charge on any atom is 0.291 e. The van der Waals surface area contributed by atoms with E-state index in [1.165, 1.54) is 0 Å². The molecule has 0 atom stereocenters. The molecule has 0 spiro atoms. The molecule has 0 bridgehead atoms. The van der Waals surface area contributed by atoms with Crippen molar-refractivity contribution in [2.24, 2.45) is 0 Å². The first-order chi connectivity index (χ1) is 14.7. The summed E-state index contributed by atoms with van der Waals surface area (Å²) in [5, 5.41) is 3.42. The van der Waals surface area contributed by atoms with Crippen LogP contribution in [0.5, 0.6) is 0 Å². The quantitative estimate of drug-likeness (QED) is 0.386. The Morgan fingerprint density at radius 2 is 1.77 bits per heavy atom. The fraction of sp³-hybridized carbons (Fsp3) is 0. The maximum absolute atomic E-state index is 12.5. The van der Waals surface area contributed by atoms with Gasteiger partial charge in [0.05, 0.1) is 0 Å². The molecule has 1 N–H and O–H groups in total. The number of halogens is 1. The van der Waals surface area contributed by atoms with Crippen molar-refractivity contribution in [3.63, 3.8) is 0 Å². The van der Waals surface area contributed by atoms with Gasteiger partial charge in [0.15, 0.2) is 17.0 Å². The van der Waals surface area contributed by atoms with Crippen LogP contribution in [0.3, 0.4) is 0 Å². The van der Waals surface area contributed by atoms with E-state index >= 15 is 0 Å². The van der Waals surface area contributed by atoms with Crippen LogP contribution in [-0.4, -0.2) is 15.9 Å². The van der Waals surface area contributed by atoms with Crippen LogP contribution < -0.4 is 5.32 Å². The summed E-state index contributed by atoms with van der Waals surface area (Å²) in [6.45, 7) is 0. The van der Waals surface area contributed by atoms with E-state index in [2.05, 4.69) is 15.3 Å². The van der Waals surface area contributed by atoms with Crippen molar-refractivity contribution < 1.29 is 13.6 Å². The molecular weight excluding hydrogens is 402 g/mol. The van der Waals surface area contributed by atoms with Gasteiger partial charge < -0.3 is 14.2 Å². The van der Waals surface area contributed by atoms with E-state index in [9.17, 15) is 4.79 Å². The SMILES string of the molecule is O=C(Nc1ccc(-c2nc3ncccc3o2)cc1)c1ccc(-c2cccc(Cl)c2)o1. The molecular formula is C23H14ClN3O3. The van der Waals surface area contributed by atoms with Crippen LogP contribution in [0.4, 0.5) is 5.69 Å². The molecule has 0 fully saturated rings. The van der Waals surface area contributed by atoms with Gasteiger partial charge in [0.1, 0.15) is 5.76 Å². The lowest BCUT2D eigenvalue weighted by Gasteiger charge is -2.04. The van der Waals surface area contributed by atoms with Crippen LogP contribution in [0.15, 0.2) is 87.8 Å². The fourth-order valence-electron chi connectivity index (χ4n) is 3.04. The zero-order chi connectivity index (χ0) is 20.5. The van der Waals surface area contributed by atoms with Crippen molar-refractivity contribution in [3.05, 3.63) is 89.8 Å². The van der Waals surface area contributed by atoms with Crippen molar-refractivity contribution in [2.75, 3.05) is 5.32 Å². The highest BCUT2D eigenvalue weighted by Crippen LogP contribution is 2.26. The van der Waals surface area contributed by atoms with Crippen molar-refractivity contribution >= 4 is 34.4 Å². The van der Waals surface area contributed by atoms with Crippen LogP contribution in [-0.2, 0) is 0 Å². The van der Waals surface area contributed by atoms with E-state index in [0.717, 1.165) is 11.1 Å². The topological polar surface area (TPSA) is 81.2 Å². The molecule has 5 rings (SSSR count). The summed E-state index contributed by atoms with van der Waals surface area (Å²) in [6, 6.07) is 21.4. The lowest BCUT2D eigenvalue weighted by atomic mass is 10.2. The predicted octanol–water partition coefficient (Wildman–Crippen LogP) is 6.06. The van der Waals surface area contributed by atoms with E-state index in [4.69, 9.17) is 20.4 Å². The van der Waals surface area contributed by atoms with Gasteiger partial charge in [-0.2, -0.15) is 4.98 Å². The van der Waals surface area contributed by atoms with E-state index in [1.807, 2.05) is 30.3 Å². The molecule has 0 radical (unpaired) electrons. The number of carbonyl (C=O) groups is 1. The summed E-state index contributed by atoms with van der Waals surface area (Å²) in [7, 11) is 0. The highest BCUT2D eigenvalue weighted by molar-refractivity contribution is 6.30. The molecule has 3 aromatic heterocycles. The third-order valence-electron chi connectivity index (χ3n) is 4.49. The largest absolute Gasteiger partial charge is 0.451 e. The molecule has 0 unspecified atom stereocenters. The molecule has 3 heterocycles. The number of rotatable bonds is 4. The lowest BCUT2D eigenvalue weighted by molar-refractivity contribution is 0.0997. The molecule has 0 aliphatic carbocycles. The summed E-state index contributed by atoms with van der Waals surface area (Å²) >= 11 is 6.02. The van der Waals surface area contributed by atoms with Gasteiger partial charge in [0.2, 0.25) is 5.89 Å². The molecule has 0 aliphatic heterocycles. The molecule has 146 valence electrons.